The van der Waals surface area contributed by atoms with Crippen LogP contribution in [0.3, 0.4) is 0 Å². The van der Waals surface area contributed by atoms with Gasteiger partial charge in [0.1, 0.15) is 5.78 Å². The molecule has 0 aromatic heterocycles. The standard InChI is InChI=1S/C8H12NO2.C2H6.Rh/c1-7(11)8-4-2-3-5-9(8)6-10;1-2;/h8H,2-5H2,1H3;1-2H3;/q-1;;. The molecule has 14 heavy (non-hydrogen) atoms. The molecule has 1 heterocycles. The van der Waals surface area contributed by atoms with Crippen LogP contribution in [0.4, 0.5) is 0 Å². The van der Waals surface area contributed by atoms with Gasteiger partial charge in [0.25, 0.3) is 0 Å². The van der Waals surface area contributed by atoms with Gasteiger partial charge in [-0.3, -0.25) is 4.79 Å². The third-order valence-corrected chi connectivity index (χ3v) is 2.09. The zero-order valence-corrected chi connectivity index (χ0v) is 10.6. The van der Waals surface area contributed by atoms with Crippen molar-refractivity contribution in [1.82, 2.24) is 4.90 Å². The molecule has 1 saturated heterocycles. The van der Waals surface area contributed by atoms with E-state index in [1.54, 1.807) is 6.41 Å². The van der Waals surface area contributed by atoms with Crippen LogP contribution in [0.5, 0.6) is 0 Å². The Balaban J connectivity index is 0. The molecule has 85 valence electrons. The van der Waals surface area contributed by atoms with Gasteiger partial charge in [-0.15, -0.1) is 0 Å². The van der Waals surface area contributed by atoms with E-state index in [4.69, 9.17) is 0 Å². The van der Waals surface area contributed by atoms with Crippen LogP contribution in [0.1, 0.15) is 40.0 Å². The molecule has 1 aliphatic rings. The van der Waals surface area contributed by atoms with Crippen molar-refractivity contribution >= 4 is 12.2 Å². The van der Waals surface area contributed by atoms with Crippen LogP contribution >= 0.6 is 0 Å². The third-order valence-electron chi connectivity index (χ3n) is 2.09. The van der Waals surface area contributed by atoms with Crippen molar-refractivity contribution < 1.29 is 29.1 Å². The average molecular weight is 287 g/mol. The predicted octanol–water partition coefficient (Wildman–Crippen LogP) is 1.52. The van der Waals surface area contributed by atoms with Gasteiger partial charge in [0.15, 0.2) is 0 Å². The molecule has 0 bridgehead atoms. The summed E-state index contributed by atoms with van der Waals surface area (Å²) in [6.45, 7) is 6.22. The van der Waals surface area contributed by atoms with Gasteiger partial charge < -0.3 is 9.69 Å². The van der Waals surface area contributed by atoms with E-state index in [2.05, 4.69) is 0 Å². The second-order valence-corrected chi connectivity index (χ2v) is 2.91. The van der Waals surface area contributed by atoms with Gasteiger partial charge in [0.05, 0.1) is 6.04 Å². The molecule has 0 spiro atoms. The summed E-state index contributed by atoms with van der Waals surface area (Å²) < 4.78 is 0. The fourth-order valence-corrected chi connectivity index (χ4v) is 1.46. The molecule has 1 radical (unpaired) electrons. The summed E-state index contributed by atoms with van der Waals surface area (Å²) >= 11 is 0. The fraction of sp³-hybridized carbons (Fsp3) is 0.800. The van der Waals surface area contributed by atoms with E-state index in [-0.39, 0.29) is 31.3 Å². The second kappa shape index (κ2) is 9.32. The van der Waals surface area contributed by atoms with Gasteiger partial charge in [-0.05, 0) is 32.7 Å². The van der Waals surface area contributed by atoms with E-state index < -0.39 is 0 Å². The monoisotopic (exact) mass is 287 g/mol. The molecule has 1 atom stereocenters. The maximum absolute atomic E-state index is 10.9. The van der Waals surface area contributed by atoms with Crippen molar-refractivity contribution in [3.63, 3.8) is 0 Å². The fourth-order valence-electron chi connectivity index (χ4n) is 1.46. The Morgan fingerprint density at radius 2 is 1.93 bits per heavy atom. The molecule has 0 N–H and O–H groups in total. The number of amides is 1. The zero-order valence-electron chi connectivity index (χ0n) is 9.00. The van der Waals surface area contributed by atoms with Crippen LogP contribution < -0.4 is 0 Å². The van der Waals surface area contributed by atoms with Gasteiger partial charge in [0.2, 0.25) is 0 Å². The molecule has 1 aliphatic heterocycles. The number of ketones is 1. The summed E-state index contributed by atoms with van der Waals surface area (Å²) in [4.78, 5) is 22.7. The van der Waals surface area contributed by atoms with Crippen molar-refractivity contribution in [3.8, 4) is 0 Å². The number of Topliss-reactive ketones (excluding diaryl/α,β-unsaturated/α-hetero) is 1. The molecule has 1 fully saturated rings. The minimum absolute atomic E-state index is 0. The van der Waals surface area contributed by atoms with Gasteiger partial charge in [-0.2, -0.15) is 6.41 Å². The Morgan fingerprint density at radius 1 is 1.36 bits per heavy atom. The molecule has 0 aromatic rings. The summed E-state index contributed by atoms with van der Waals surface area (Å²) in [5, 5.41) is 0. The largest absolute Gasteiger partial charge is 0.520 e. The molecule has 3 nitrogen and oxygen atoms in total. The Hall–Kier alpha value is -0.237. The van der Waals surface area contributed by atoms with E-state index in [1.165, 1.54) is 11.8 Å². The Labute approximate surface area is 99.0 Å². The van der Waals surface area contributed by atoms with Crippen molar-refractivity contribution in [3.05, 3.63) is 0 Å². The van der Waals surface area contributed by atoms with Crippen LogP contribution in [0.15, 0.2) is 0 Å². The number of carbonyl (C=O) groups excluding carboxylic acids is 2. The summed E-state index contributed by atoms with van der Waals surface area (Å²) in [6, 6.07) is -0.193. The predicted molar refractivity (Wildman–Crippen MR) is 52.1 cm³/mol. The van der Waals surface area contributed by atoms with Crippen molar-refractivity contribution in [2.75, 3.05) is 6.54 Å². The molecule has 4 heteroatoms. The normalized spacial score (nSPS) is 19.9. The molecule has 1 amide bonds. The van der Waals surface area contributed by atoms with Crippen LogP contribution in [0.25, 0.3) is 0 Å². The Bertz CT molecular complexity index is 174. The zero-order chi connectivity index (χ0) is 10.3. The molecular weight excluding hydrogens is 269 g/mol. The van der Waals surface area contributed by atoms with Crippen molar-refractivity contribution in [1.29, 1.82) is 0 Å². The summed E-state index contributed by atoms with van der Waals surface area (Å²) in [6.07, 6.45) is 4.65. The molecular formula is C10H18NO2Rh-. The first-order valence-corrected chi connectivity index (χ1v) is 4.90. The molecule has 0 saturated carbocycles. The van der Waals surface area contributed by atoms with E-state index in [0.717, 1.165) is 19.3 Å². The van der Waals surface area contributed by atoms with Crippen LogP contribution in [-0.2, 0) is 29.1 Å². The maximum Gasteiger partial charge on any atom is 0.149 e. The minimum atomic E-state index is -0.193. The topological polar surface area (TPSA) is 37.4 Å². The first kappa shape index (κ1) is 16.2. The summed E-state index contributed by atoms with van der Waals surface area (Å²) in [5.41, 5.74) is 0. The second-order valence-electron chi connectivity index (χ2n) is 2.91. The SMILES string of the molecule is CC.CC(=O)C1CCCCN1[C-]=O.[Rh]. The van der Waals surface area contributed by atoms with E-state index >= 15 is 0 Å². The molecule has 1 unspecified atom stereocenters. The summed E-state index contributed by atoms with van der Waals surface area (Å²) in [5.74, 6) is 0.0769. The van der Waals surface area contributed by atoms with Crippen LogP contribution in [0, 0.1) is 0 Å². The number of rotatable bonds is 2. The van der Waals surface area contributed by atoms with E-state index in [1.807, 2.05) is 13.8 Å². The Morgan fingerprint density at radius 3 is 2.29 bits per heavy atom. The quantitative estimate of drug-likeness (QED) is 0.570. The van der Waals surface area contributed by atoms with Gasteiger partial charge in [0, 0.05) is 19.5 Å². The maximum atomic E-state index is 10.9. The smallest absolute Gasteiger partial charge is 0.149 e. The first-order chi connectivity index (χ1) is 6.25. The number of likely N-dealkylation sites (tertiary alicyclic amines) is 1. The number of piperidine rings is 1. The molecule has 0 aromatic carbocycles. The van der Waals surface area contributed by atoms with Gasteiger partial charge in [-0.1, -0.05) is 13.8 Å². The molecule has 1 rings (SSSR count). The number of hydrogen-bond donors (Lipinski definition) is 0. The average Bonchev–Trinajstić information content (AvgIpc) is 2.20. The van der Waals surface area contributed by atoms with Gasteiger partial charge in [-0.25, -0.2) is 0 Å². The minimum Gasteiger partial charge on any atom is -0.520 e. The van der Waals surface area contributed by atoms with Gasteiger partial charge >= 0.3 is 0 Å². The number of hydrogen-bond acceptors (Lipinski definition) is 2. The summed E-state index contributed by atoms with van der Waals surface area (Å²) in [7, 11) is 0. The van der Waals surface area contributed by atoms with Crippen LogP contribution in [0.2, 0.25) is 0 Å². The Kier molecular flexibility index (Phi) is 10.8. The van der Waals surface area contributed by atoms with E-state index in [0.29, 0.717) is 6.54 Å². The number of nitrogens with zero attached hydrogens (tertiary/aromatic N) is 1. The van der Waals surface area contributed by atoms with Crippen molar-refractivity contribution in [2.45, 2.75) is 46.1 Å². The number of carbonyl (C=O) groups is 1. The first-order valence-electron chi connectivity index (χ1n) is 4.90. The van der Waals surface area contributed by atoms with E-state index in [9.17, 15) is 9.59 Å². The third kappa shape index (κ3) is 4.85. The van der Waals surface area contributed by atoms with Crippen LogP contribution in [-0.4, -0.2) is 29.7 Å². The molecule has 0 aliphatic carbocycles. The van der Waals surface area contributed by atoms with Crippen molar-refractivity contribution in [2.24, 2.45) is 0 Å².